The summed E-state index contributed by atoms with van der Waals surface area (Å²) in [6, 6.07) is 7.82. The van der Waals surface area contributed by atoms with E-state index in [1.54, 1.807) is 25.3 Å². The third-order valence-electron chi connectivity index (χ3n) is 4.75. The molecule has 0 saturated carbocycles. The van der Waals surface area contributed by atoms with Gasteiger partial charge in [-0.1, -0.05) is 12.1 Å². The molecule has 0 aliphatic carbocycles. The van der Waals surface area contributed by atoms with Crippen LogP contribution in [0.15, 0.2) is 36.5 Å². The number of ether oxygens (including phenoxy) is 1. The third kappa shape index (κ3) is 4.28. The minimum Gasteiger partial charge on any atom is -0.375 e. The Morgan fingerprint density at radius 2 is 2.15 bits per heavy atom. The van der Waals surface area contributed by atoms with Crippen LogP contribution in [0.3, 0.4) is 0 Å². The smallest absolute Gasteiger partial charge is 0.272 e. The zero-order chi connectivity index (χ0) is 18.5. The van der Waals surface area contributed by atoms with Crippen LogP contribution in [-0.4, -0.2) is 41.9 Å². The largest absolute Gasteiger partial charge is 0.375 e. The van der Waals surface area contributed by atoms with Crippen molar-refractivity contribution in [1.29, 1.82) is 0 Å². The molecule has 140 valence electrons. The van der Waals surface area contributed by atoms with Gasteiger partial charge in [0.25, 0.3) is 5.91 Å². The maximum Gasteiger partial charge on any atom is 0.272 e. The first-order valence-corrected chi connectivity index (χ1v) is 8.93. The number of aromatic nitrogens is 2. The third-order valence-corrected chi connectivity index (χ3v) is 4.75. The SMILES string of the molecule is COC(c1ccc(F)cc1)C(C)NC(=O)c1ccn(C2CCCNC2)n1. The Labute approximate surface area is 152 Å². The molecule has 3 unspecified atom stereocenters. The number of carbonyl (C=O) groups is 1. The van der Waals surface area contributed by atoms with E-state index in [1.165, 1.54) is 12.1 Å². The number of hydrogen-bond donors (Lipinski definition) is 2. The maximum atomic E-state index is 13.1. The van der Waals surface area contributed by atoms with Gasteiger partial charge in [0, 0.05) is 19.9 Å². The van der Waals surface area contributed by atoms with Gasteiger partial charge in [-0.3, -0.25) is 9.48 Å². The van der Waals surface area contributed by atoms with E-state index in [9.17, 15) is 9.18 Å². The van der Waals surface area contributed by atoms with E-state index in [0.29, 0.717) is 5.69 Å². The molecule has 1 aromatic heterocycles. The zero-order valence-electron chi connectivity index (χ0n) is 15.1. The van der Waals surface area contributed by atoms with Crippen molar-refractivity contribution >= 4 is 5.91 Å². The molecule has 26 heavy (non-hydrogen) atoms. The first kappa shape index (κ1) is 18.5. The Hall–Kier alpha value is -2.25. The van der Waals surface area contributed by atoms with Crippen molar-refractivity contribution in [3.8, 4) is 0 Å². The topological polar surface area (TPSA) is 68.2 Å². The van der Waals surface area contributed by atoms with Crippen LogP contribution in [0.4, 0.5) is 4.39 Å². The fraction of sp³-hybridized carbons (Fsp3) is 0.474. The van der Waals surface area contributed by atoms with Gasteiger partial charge in [-0.2, -0.15) is 5.10 Å². The average molecular weight is 360 g/mol. The summed E-state index contributed by atoms with van der Waals surface area (Å²) >= 11 is 0. The Morgan fingerprint density at radius 1 is 1.38 bits per heavy atom. The van der Waals surface area contributed by atoms with Crippen molar-refractivity contribution in [2.45, 2.75) is 38.0 Å². The van der Waals surface area contributed by atoms with Crippen molar-refractivity contribution in [3.63, 3.8) is 0 Å². The molecule has 2 heterocycles. The number of halogens is 1. The summed E-state index contributed by atoms with van der Waals surface area (Å²) in [5.74, 6) is -0.549. The maximum absolute atomic E-state index is 13.1. The van der Waals surface area contributed by atoms with Crippen molar-refractivity contribution in [1.82, 2.24) is 20.4 Å². The van der Waals surface area contributed by atoms with Gasteiger partial charge >= 0.3 is 0 Å². The standard InChI is InChI=1S/C19H25FN4O2/c1-13(18(26-2)14-5-7-15(20)8-6-14)22-19(25)17-9-11-24(23-17)16-4-3-10-21-12-16/h5-9,11,13,16,18,21H,3-4,10,12H2,1-2H3,(H,22,25). The molecule has 3 atom stereocenters. The van der Waals surface area contributed by atoms with Gasteiger partial charge in [0.1, 0.15) is 17.6 Å². The second-order valence-corrected chi connectivity index (χ2v) is 6.65. The highest BCUT2D eigenvalue weighted by Crippen LogP contribution is 2.21. The lowest BCUT2D eigenvalue weighted by Crippen LogP contribution is -2.38. The van der Waals surface area contributed by atoms with Crippen LogP contribution >= 0.6 is 0 Å². The lowest BCUT2D eigenvalue weighted by atomic mass is 10.0. The molecule has 1 aromatic carbocycles. The van der Waals surface area contributed by atoms with Gasteiger partial charge in [-0.25, -0.2) is 4.39 Å². The fourth-order valence-corrected chi connectivity index (χ4v) is 3.36. The summed E-state index contributed by atoms with van der Waals surface area (Å²) < 4.78 is 20.5. The van der Waals surface area contributed by atoms with Crippen LogP contribution in [0.2, 0.25) is 0 Å². The minimum absolute atomic E-state index is 0.246. The highest BCUT2D eigenvalue weighted by atomic mass is 19.1. The summed E-state index contributed by atoms with van der Waals surface area (Å²) in [5.41, 5.74) is 1.19. The molecular formula is C19H25FN4O2. The monoisotopic (exact) mass is 360 g/mol. The molecule has 0 spiro atoms. The van der Waals surface area contributed by atoms with Crippen LogP contribution in [0.5, 0.6) is 0 Å². The molecule has 1 saturated heterocycles. The Balaban J connectivity index is 1.64. The Kier molecular flexibility index (Phi) is 6.00. The molecule has 3 rings (SSSR count). The van der Waals surface area contributed by atoms with Gasteiger partial charge in [-0.15, -0.1) is 0 Å². The molecule has 1 fully saturated rings. The predicted molar refractivity (Wildman–Crippen MR) is 96.4 cm³/mol. The first-order valence-electron chi connectivity index (χ1n) is 8.93. The van der Waals surface area contributed by atoms with Crippen LogP contribution in [0, 0.1) is 5.82 Å². The average Bonchev–Trinajstić information content (AvgIpc) is 3.15. The van der Waals surface area contributed by atoms with Crippen LogP contribution in [0.1, 0.15) is 48.0 Å². The highest BCUT2D eigenvalue weighted by Gasteiger charge is 2.23. The van der Waals surface area contributed by atoms with Gasteiger partial charge in [0.2, 0.25) is 0 Å². The van der Waals surface area contributed by atoms with E-state index in [4.69, 9.17) is 4.74 Å². The zero-order valence-corrected chi connectivity index (χ0v) is 15.1. The Morgan fingerprint density at radius 3 is 2.81 bits per heavy atom. The second-order valence-electron chi connectivity index (χ2n) is 6.65. The van der Waals surface area contributed by atoms with E-state index < -0.39 is 0 Å². The lowest BCUT2D eigenvalue weighted by Gasteiger charge is -2.24. The van der Waals surface area contributed by atoms with E-state index in [2.05, 4.69) is 15.7 Å². The number of amides is 1. The molecule has 2 N–H and O–H groups in total. The van der Waals surface area contributed by atoms with Gasteiger partial charge in [0.15, 0.2) is 0 Å². The van der Waals surface area contributed by atoms with Crippen molar-refractivity contribution in [2.75, 3.05) is 20.2 Å². The molecule has 6 nitrogen and oxygen atoms in total. The Bertz CT molecular complexity index is 725. The number of methoxy groups -OCH3 is 1. The van der Waals surface area contributed by atoms with Crippen LogP contribution in [-0.2, 0) is 4.74 Å². The van der Waals surface area contributed by atoms with E-state index in [0.717, 1.165) is 31.5 Å². The number of nitrogens with zero attached hydrogens (tertiary/aromatic N) is 2. The molecule has 0 radical (unpaired) electrons. The normalized spacial score (nSPS) is 19.7. The predicted octanol–water partition coefficient (Wildman–Crippen LogP) is 2.45. The molecule has 7 heteroatoms. The molecular weight excluding hydrogens is 335 g/mol. The summed E-state index contributed by atoms with van der Waals surface area (Å²) in [5, 5.41) is 10.7. The summed E-state index contributed by atoms with van der Waals surface area (Å²) in [7, 11) is 1.57. The number of rotatable bonds is 6. The molecule has 1 amide bonds. The van der Waals surface area contributed by atoms with Crippen molar-refractivity contribution < 1.29 is 13.9 Å². The van der Waals surface area contributed by atoms with Crippen LogP contribution in [0.25, 0.3) is 0 Å². The number of benzene rings is 1. The summed E-state index contributed by atoms with van der Waals surface area (Å²) in [4.78, 5) is 12.5. The fourth-order valence-electron chi connectivity index (χ4n) is 3.36. The summed E-state index contributed by atoms with van der Waals surface area (Å²) in [6.07, 6.45) is 3.65. The quantitative estimate of drug-likeness (QED) is 0.830. The van der Waals surface area contributed by atoms with Crippen LogP contribution < -0.4 is 10.6 Å². The van der Waals surface area contributed by atoms with Gasteiger partial charge in [-0.05, 0) is 50.1 Å². The minimum atomic E-state index is -0.371. The van der Waals surface area contributed by atoms with E-state index in [-0.39, 0.29) is 29.9 Å². The molecule has 0 bridgehead atoms. The lowest BCUT2D eigenvalue weighted by molar-refractivity contribution is 0.0641. The first-order chi connectivity index (χ1) is 12.6. The molecule has 1 aliphatic rings. The molecule has 2 aromatic rings. The number of nitrogens with one attached hydrogen (secondary N) is 2. The van der Waals surface area contributed by atoms with Gasteiger partial charge in [0.05, 0.1) is 12.1 Å². The number of piperidine rings is 1. The van der Waals surface area contributed by atoms with Crippen molar-refractivity contribution in [2.24, 2.45) is 0 Å². The van der Waals surface area contributed by atoms with Gasteiger partial charge < -0.3 is 15.4 Å². The summed E-state index contributed by atoms with van der Waals surface area (Å²) in [6.45, 7) is 3.76. The van der Waals surface area contributed by atoms with E-state index >= 15 is 0 Å². The second kappa shape index (κ2) is 8.42. The number of hydrogen-bond acceptors (Lipinski definition) is 4. The molecule has 1 aliphatic heterocycles. The highest BCUT2D eigenvalue weighted by molar-refractivity contribution is 5.92. The van der Waals surface area contributed by atoms with Crippen molar-refractivity contribution in [3.05, 3.63) is 53.6 Å². The van der Waals surface area contributed by atoms with E-state index in [1.807, 2.05) is 17.8 Å². The number of carbonyl (C=O) groups excluding carboxylic acids is 1.